The van der Waals surface area contributed by atoms with Gasteiger partial charge in [0.15, 0.2) is 17.0 Å². The number of sulfonamides is 1. The van der Waals surface area contributed by atoms with E-state index in [1.807, 2.05) is 6.92 Å². The lowest BCUT2D eigenvalue weighted by molar-refractivity contribution is -0.118. The number of fused-ring (bicyclic) bond motifs is 1. The Kier molecular flexibility index (Phi) is 4.02. The van der Waals surface area contributed by atoms with Gasteiger partial charge in [-0.05, 0) is 26.0 Å². The predicted octanol–water partition coefficient (Wildman–Crippen LogP) is 1.58. The summed E-state index contributed by atoms with van der Waals surface area (Å²) < 4.78 is 26.0. The molecule has 126 valence electrons. The van der Waals surface area contributed by atoms with Crippen LogP contribution in [0.3, 0.4) is 0 Å². The van der Waals surface area contributed by atoms with E-state index in [1.54, 1.807) is 19.2 Å². The van der Waals surface area contributed by atoms with Crippen LogP contribution in [0.1, 0.15) is 20.8 Å². The van der Waals surface area contributed by atoms with Crippen molar-refractivity contribution in [2.24, 2.45) is 0 Å². The van der Waals surface area contributed by atoms with Crippen LogP contribution in [0.25, 0.3) is 0 Å². The number of rotatable bonds is 2. The molecule has 3 rings (SSSR count). The first-order valence-electron chi connectivity index (χ1n) is 7.08. The summed E-state index contributed by atoms with van der Waals surface area (Å²) >= 11 is 1.25. The van der Waals surface area contributed by atoms with Crippen LogP contribution in [0.5, 0.6) is 0 Å². The Morgan fingerprint density at radius 2 is 2.04 bits per heavy atom. The topological polar surface area (TPSA) is 96.4 Å². The van der Waals surface area contributed by atoms with Crippen molar-refractivity contribution < 1.29 is 18.0 Å². The number of Topliss-reactive ketones (excluding diaryl/α,β-unsaturated/α-hetero) is 1. The summed E-state index contributed by atoms with van der Waals surface area (Å²) in [6.45, 7) is 3.58. The lowest BCUT2D eigenvalue weighted by Crippen LogP contribution is -2.53. The number of ketones is 1. The van der Waals surface area contributed by atoms with Crippen LogP contribution in [0, 0.1) is 13.8 Å². The molecule has 0 bridgehead atoms. The Labute approximate surface area is 143 Å². The highest BCUT2D eigenvalue weighted by molar-refractivity contribution is 7.89. The van der Waals surface area contributed by atoms with Crippen molar-refractivity contribution >= 4 is 38.2 Å². The summed E-state index contributed by atoms with van der Waals surface area (Å²) in [5.41, 5.74) is 0.792. The van der Waals surface area contributed by atoms with Crippen molar-refractivity contribution in [2.45, 2.75) is 24.8 Å². The Bertz CT molecular complexity index is 949. The maximum atomic E-state index is 12.7. The minimum absolute atomic E-state index is 0.0450. The van der Waals surface area contributed by atoms with Crippen LogP contribution in [0.4, 0.5) is 5.13 Å². The standard InChI is InChI=1S/C15H15N3O4S2/c1-8-4-5-11-10(6-8)13(19)12(18(3)24(11,21)22)14(20)17-15-16-7-9(2)23-15/h4-7,12H,1-3H3,(H,16,17,20). The fraction of sp³-hybridized carbons (Fsp3) is 0.267. The fourth-order valence-corrected chi connectivity index (χ4v) is 4.66. The number of carbonyl (C=O) groups excluding carboxylic acids is 2. The van der Waals surface area contributed by atoms with Crippen LogP contribution in [-0.4, -0.2) is 42.5 Å². The molecule has 1 atom stereocenters. The van der Waals surface area contributed by atoms with Crippen molar-refractivity contribution in [3.05, 3.63) is 40.4 Å². The molecule has 1 N–H and O–H groups in total. The summed E-state index contributed by atoms with van der Waals surface area (Å²) in [7, 11) is -2.69. The Balaban J connectivity index is 2.03. The largest absolute Gasteiger partial charge is 0.300 e. The first kappa shape index (κ1) is 16.7. The molecule has 2 heterocycles. The zero-order valence-corrected chi connectivity index (χ0v) is 14.9. The normalized spacial score (nSPS) is 19.8. The minimum Gasteiger partial charge on any atom is -0.300 e. The number of aromatic nitrogens is 1. The second-order valence-electron chi connectivity index (χ2n) is 5.55. The number of likely N-dealkylation sites (N-methyl/N-ethyl adjacent to an activating group) is 1. The van der Waals surface area contributed by atoms with Crippen molar-refractivity contribution in [3.8, 4) is 0 Å². The lowest BCUT2D eigenvalue weighted by atomic mass is 10.0. The van der Waals surface area contributed by atoms with Crippen LogP contribution in [0.2, 0.25) is 0 Å². The van der Waals surface area contributed by atoms with E-state index >= 15 is 0 Å². The average Bonchev–Trinajstić information content (AvgIpc) is 2.90. The molecule has 1 unspecified atom stereocenters. The molecule has 9 heteroatoms. The van der Waals surface area contributed by atoms with E-state index in [0.717, 1.165) is 14.7 Å². The van der Waals surface area contributed by atoms with Gasteiger partial charge in [-0.1, -0.05) is 11.6 Å². The fourth-order valence-electron chi connectivity index (χ4n) is 2.54. The molecule has 0 radical (unpaired) electrons. The molecule has 1 amide bonds. The van der Waals surface area contributed by atoms with Crippen LogP contribution < -0.4 is 5.32 Å². The van der Waals surface area contributed by atoms with Gasteiger partial charge in [-0.2, -0.15) is 4.31 Å². The number of anilines is 1. The molecule has 1 aromatic heterocycles. The third kappa shape index (κ3) is 2.64. The molecule has 0 saturated heterocycles. The van der Waals surface area contributed by atoms with E-state index in [0.29, 0.717) is 5.13 Å². The summed E-state index contributed by atoms with van der Waals surface area (Å²) in [6, 6.07) is 3.06. The number of nitrogens with one attached hydrogen (secondary N) is 1. The van der Waals surface area contributed by atoms with Gasteiger partial charge in [0.05, 0.1) is 4.90 Å². The number of nitrogens with zero attached hydrogens (tertiary/aromatic N) is 2. The lowest BCUT2D eigenvalue weighted by Gasteiger charge is -2.30. The Hall–Kier alpha value is -2.10. The number of amides is 1. The highest BCUT2D eigenvalue weighted by atomic mass is 32.2. The highest BCUT2D eigenvalue weighted by Crippen LogP contribution is 2.30. The van der Waals surface area contributed by atoms with Gasteiger partial charge in [0.2, 0.25) is 10.0 Å². The maximum absolute atomic E-state index is 12.7. The van der Waals surface area contributed by atoms with Gasteiger partial charge >= 0.3 is 0 Å². The molecule has 1 aliphatic heterocycles. The molecular formula is C15H15N3O4S2. The van der Waals surface area contributed by atoms with Crippen LogP contribution in [-0.2, 0) is 14.8 Å². The smallest absolute Gasteiger partial charge is 0.252 e. The van der Waals surface area contributed by atoms with Crippen molar-refractivity contribution in [1.82, 2.24) is 9.29 Å². The number of aryl methyl sites for hydroxylation is 2. The SMILES string of the molecule is Cc1ccc2c(c1)C(=O)C(C(=O)Nc1ncc(C)s1)N(C)S2(=O)=O. The summed E-state index contributed by atoms with van der Waals surface area (Å²) in [5, 5.41) is 2.84. The highest BCUT2D eigenvalue weighted by Gasteiger charge is 2.45. The first-order valence-corrected chi connectivity index (χ1v) is 9.33. The maximum Gasteiger partial charge on any atom is 0.252 e. The Morgan fingerprint density at radius 3 is 2.67 bits per heavy atom. The van der Waals surface area contributed by atoms with E-state index in [-0.39, 0.29) is 10.5 Å². The van der Waals surface area contributed by atoms with Gasteiger partial charge in [-0.25, -0.2) is 13.4 Å². The summed E-state index contributed by atoms with van der Waals surface area (Å²) in [4.78, 5) is 30.0. The quantitative estimate of drug-likeness (QED) is 0.815. The van der Waals surface area contributed by atoms with E-state index in [2.05, 4.69) is 10.3 Å². The van der Waals surface area contributed by atoms with Crippen molar-refractivity contribution in [3.63, 3.8) is 0 Å². The Morgan fingerprint density at radius 1 is 1.33 bits per heavy atom. The van der Waals surface area contributed by atoms with E-state index in [9.17, 15) is 18.0 Å². The molecule has 0 saturated carbocycles. The first-order chi connectivity index (χ1) is 11.2. The second kappa shape index (κ2) is 5.76. The number of hydrogen-bond acceptors (Lipinski definition) is 6. The van der Waals surface area contributed by atoms with E-state index < -0.39 is 27.8 Å². The van der Waals surface area contributed by atoms with Crippen molar-refractivity contribution in [2.75, 3.05) is 12.4 Å². The van der Waals surface area contributed by atoms with Gasteiger partial charge < -0.3 is 5.32 Å². The molecule has 0 fully saturated rings. The number of carbonyl (C=O) groups is 2. The van der Waals surface area contributed by atoms with Gasteiger partial charge in [-0.15, -0.1) is 11.3 Å². The molecule has 1 aliphatic rings. The van der Waals surface area contributed by atoms with Gasteiger partial charge in [-0.3, -0.25) is 9.59 Å². The minimum atomic E-state index is -3.92. The predicted molar refractivity (Wildman–Crippen MR) is 89.7 cm³/mol. The monoisotopic (exact) mass is 365 g/mol. The zero-order chi connectivity index (χ0) is 17.6. The van der Waals surface area contributed by atoms with Gasteiger partial charge in [0.1, 0.15) is 0 Å². The molecule has 24 heavy (non-hydrogen) atoms. The summed E-state index contributed by atoms with van der Waals surface area (Å²) in [6.07, 6.45) is 1.59. The third-order valence-corrected chi connectivity index (χ3v) is 6.48. The average molecular weight is 365 g/mol. The van der Waals surface area contributed by atoms with Crippen LogP contribution >= 0.6 is 11.3 Å². The van der Waals surface area contributed by atoms with Gasteiger partial charge in [0.25, 0.3) is 5.91 Å². The molecular weight excluding hydrogens is 350 g/mol. The molecule has 0 spiro atoms. The molecule has 7 nitrogen and oxygen atoms in total. The molecule has 0 aliphatic carbocycles. The third-order valence-electron chi connectivity index (χ3n) is 3.77. The van der Waals surface area contributed by atoms with E-state index in [4.69, 9.17) is 0 Å². The van der Waals surface area contributed by atoms with E-state index in [1.165, 1.54) is 30.5 Å². The number of hydrogen-bond donors (Lipinski definition) is 1. The van der Waals surface area contributed by atoms with Gasteiger partial charge in [0, 0.05) is 23.7 Å². The zero-order valence-electron chi connectivity index (χ0n) is 13.2. The van der Waals surface area contributed by atoms with Crippen LogP contribution in [0.15, 0.2) is 29.3 Å². The molecule has 1 aromatic carbocycles. The number of benzene rings is 1. The second-order valence-corrected chi connectivity index (χ2v) is 8.75. The van der Waals surface area contributed by atoms with Crippen molar-refractivity contribution in [1.29, 1.82) is 0 Å². The summed E-state index contributed by atoms with van der Waals surface area (Å²) in [5.74, 6) is -1.26. The molecule has 2 aromatic rings. The number of thiazole rings is 1.